The minimum atomic E-state index is 0.876. The minimum Gasteiger partial charge on any atom is -0.398 e. The number of anilines is 1. The molecule has 0 spiro atoms. The molecule has 0 aliphatic carbocycles. The number of hydrogen-bond donors (Lipinski definition) is 1. The molecule has 0 aliphatic rings. The fraction of sp³-hybridized carbons (Fsp3) is 0.250. The summed E-state index contributed by atoms with van der Waals surface area (Å²) in [6, 6.07) is 12.7. The Hall–Kier alpha value is -1.41. The summed E-state index contributed by atoms with van der Waals surface area (Å²) < 4.78 is 0. The van der Waals surface area contributed by atoms with Gasteiger partial charge in [0.15, 0.2) is 0 Å². The van der Waals surface area contributed by atoms with Crippen LogP contribution in [0, 0.1) is 20.8 Å². The van der Waals surface area contributed by atoms with Crippen molar-refractivity contribution in [2.75, 3.05) is 5.73 Å². The highest BCUT2D eigenvalue weighted by Gasteiger charge is 2.04. The van der Waals surface area contributed by atoms with E-state index in [2.05, 4.69) is 45.0 Å². The number of rotatable bonds is 3. The van der Waals surface area contributed by atoms with Gasteiger partial charge in [0.05, 0.1) is 0 Å². The van der Waals surface area contributed by atoms with E-state index in [1.807, 2.05) is 23.9 Å². The van der Waals surface area contributed by atoms with Gasteiger partial charge in [0.2, 0.25) is 0 Å². The zero-order chi connectivity index (χ0) is 13.1. The Bertz CT molecular complexity index is 559. The molecule has 0 aliphatic heterocycles. The third-order valence-electron chi connectivity index (χ3n) is 3.21. The fourth-order valence-corrected chi connectivity index (χ4v) is 3.03. The lowest BCUT2D eigenvalue weighted by Gasteiger charge is -2.10. The standard InChI is InChI=1S/C16H19NS/c1-11-7-8-12(2)14(9-11)10-18-16-6-4-5-15(17)13(16)3/h4-9H,10,17H2,1-3H3. The number of thioether (sulfide) groups is 1. The highest BCUT2D eigenvalue weighted by molar-refractivity contribution is 7.98. The Balaban J connectivity index is 2.16. The maximum Gasteiger partial charge on any atom is 0.0354 e. The monoisotopic (exact) mass is 257 g/mol. The van der Waals surface area contributed by atoms with Crippen molar-refractivity contribution >= 4 is 17.4 Å². The van der Waals surface area contributed by atoms with E-state index in [0.717, 1.165) is 11.4 Å². The normalized spacial score (nSPS) is 10.6. The van der Waals surface area contributed by atoms with E-state index in [0.29, 0.717) is 0 Å². The first kappa shape index (κ1) is 13.0. The molecule has 1 nitrogen and oxygen atoms in total. The number of nitrogens with two attached hydrogens (primary N) is 1. The molecule has 0 unspecified atom stereocenters. The van der Waals surface area contributed by atoms with Gasteiger partial charge in [-0.1, -0.05) is 29.8 Å². The summed E-state index contributed by atoms with van der Waals surface area (Å²) in [4.78, 5) is 1.27. The molecule has 0 fully saturated rings. The summed E-state index contributed by atoms with van der Waals surface area (Å²) in [7, 11) is 0. The molecular formula is C16H19NS. The third-order valence-corrected chi connectivity index (χ3v) is 4.42. The van der Waals surface area contributed by atoms with Crippen LogP contribution in [0.5, 0.6) is 0 Å². The molecule has 0 amide bonds. The summed E-state index contributed by atoms with van der Waals surface area (Å²) in [5.74, 6) is 0.998. The lowest BCUT2D eigenvalue weighted by Crippen LogP contribution is -1.92. The molecule has 2 aromatic rings. The highest BCUT2D eigenvalue weighted by Crippen LogP contribution is 2.29. The molecule has 2 aromatic carbocycles. The fourth-order valence-electron chi connectivity index (χ4n) is 1.90. The minimum absolute atomic E-state index is 0.876. The highest BCUT2D eigenvalue weighted by atomic mass is 32.2. The van der Waals surface area contributed by atoms with Crippen LogP contribution >= 0.6 is 11.8 Å². The number of benzene rings is 2. The second kappa shape index (κ2) is 5.49. The molecule has 0 bridgehead atoms. The summed E-state index contributed by atoms with van der Waals surface area (Å²) in [6.45, 7) is 6.39. The average molecular weight is 257 g/mol. The van der Waals surface area contributed by atoms with Crippen molar-refractivity contribution in [1.82, 2.24) is 0 Å². The van der Waals surface area contributed by atoms with Gasteiger partial charge in [-0.25, -0.2) is 0 Å². The zero-order valence-electron chi connectivity index (χ0n) is 11.2. The van der Waals surface area contributed by atoms with Gasteiger partial charge in [0.25, 0.3) is 0 Å². The van der Waals surface area contributed by atoms with Crippen molar-refractivity contribution < 1.29 is 0 Å². The molecule has 2 rings (SSSR count). The summed E-state index contributed by atoms with van der Waals surface area (Å²) in [5, 5.41) is 0. The largest absolute Gasteiger partial charge is 0.398 e. The van der Waals surface area contributed by atoms with Gasteiger partial charge in [-0.2, -0.15) is 0 Å². The van der Waals surface area contributed by atoms with Gasteiger partial charge in [-0.3, -0.25) is 0 Å². The first-order valence-electron chi connectivity index (χ1n) is 6.12. The number of nitrogen functional groups attached to an aromatic ring is 1. The predicted octanol–water partition coefficient (Wildman–Crippen LogP) is 4.49. The van der Waals surface area contributed by atoms with Crippen molar-refractivity contribution in [3.63, 3.8) is 0 Å². The van der Waals surface area contributed by atoms with Crippen LogP contribution in [0.1, 0.15) is 22.3 Å². The molecule has 0 saturated heterocycles. The Morgan fingerprint density at radius 2 is 1.83 bits per heavy atom. The van der Waals surface area contributed by atoms with E-state index < -0.39 is 0 Å². The third kappa shape index (κ3) is 2.88. The van der Waals surface area contributed by atoms with Crippen molar-refractivity contribution in [2.45, 2.75) is 31.4 Å². The van der Waals surface area contributed by atoms with E-state index >= 15 is 0 Å². The SMILES string of the molecule is Cc1ccc(C)c(CSc2cccc(N)c2C)c1. The van der Waals surface area contributed by atoms with Crippen LogP contribution in [-0.2, 0) is 5.75 Å². The maximum absolute atomic E-state index is 5.93. The zero-order valence-corrected chi connectivity index (χ0v) is 12.0. The van der Waals surface area contributed by atoms with Gasteiger partial charge in [0.1, 0.15) is 0 Å². The second-order valence-corrected chi connectivity index (χ2v) is 5.71. The van der Waals surface area contributed by atoms with E-state index in [4.69, 9.17) is 5.73 Å². The Labute approximate surface area is 113 Å². The van der Waals surface area contributed by atoms with Gasteiger partial charge in [0, 0.05) is 16.3 Å². The van der Waals surface area contributed by atoms with E-state index in [-0.39, 0.29) is 0 Å². The molecular weight excluding hydrogens is 238 g/mol. The number of hydrogen-bond acceptors (Lipinski definition) is 2. The van der Waals surface area contributed by atoms with Crippen molar-refractivity contribution in [3.05, 3.63) is 58.7 Å². The molecule has 2 heteroatoms. The molecule has 94 valence electrons. The van der Waals surface area contributed by atoms with Gasteiger partial charge in [-0.05, 0) is 49.6 Å². The van der Waals surface area contributed by atoms with Gasteiger partial charge < -0.3 is 5.73 Å². The smallest absolute Gasteiger partial charge is 0.0354 e. The Morgan fingerprint density at radius 1 is 1.06 bits per heavy atom. The van der Waals surface area contributed by atoms with Crippen molar-refractivity contribution in [1.29, 1.82) is 0 Å². The molecule has 0 heterocycles. The van der Waals surface area contributed by atoms with Crippen LogP contribution in [0.2, 0.25) is 0 Å². The van der Waals surface area contributed by atoms with Crippen LogP contribution in [0.3, 0.4) is 0 Å². The topological polar surface area (TPSA) is 26.0 Å². The number of aryl methyl sites for hydroxylation is 2. The summed E-state index contributed by atoms with van der Waals surface area (Å²) >= 11 is 1.86. The molecule has 18 heavy (non-hydrogen) atoms. The van der Waals surface area contributed by atoms with Crippen LogP contribution in [0.25, 0.3) is 0 Å². The maximum atomic E-state index is 5.93. The van der Waals surface area contributed by atoms with E-state index in [1.54, 1.807) is 0 Å². The van der Waals surface area contributed by atoms with E-state index in [9.17, 15) is 0 Å². The quantitative estimate of drug-likeness (QED) is 0.648. The van der Waals surface area contributed by atoms with Crippen molar-refractivity contribution in [3.8, 4) is 0 Å². The molecule has 0 aromatic heterocycles. The van der Waals surface area contributed by atoms with Gasteiger partial charge >= 0.3 is 0 Å². The Kier molecular flexibility index (Phi) is 3.97. The molecule has 0 saturated carbocycles. The molecule has 0 atom stereocenters. The summed E-state index contributed by atoms with van der Waals surface area (Å²) in [5.41, 5.74) is 12.1. The first-order valence-corrected chi connectivity index (χ1v) is 7.10. The predicted molar refractivity (Wildman–Crippen MR) is 81.1 cm³/mol. The lowest BCUT2D eigenvalue weighted by molar-refractivity contribution is 1.25. The van der Waals surface area contributed by atoms with Crippen LogP contribution in [-0.4, -0.2) is 0 Å². The average Bonchev–Trinajstić information content (AvgIpc) is 2.35. The van der Waals surface area contributed by atoms with Crippen LogP contribution in [0.4, 0.5) is 5.69 Å². The second-order valence-electron chi connectivity index (χ2n) is 4.69. The Morgan fingerprint density at radius 3 is 2.61 bits per heavy atom. The first-order chi connectivity index (χ1) is 8.58. The summed E-state index contributed by atoms with van der Waals surface area (Å²) in [6.07, 6.45) is 0. The van der Waals surface area contributed by atoms with Crippen LogP contribution in [0.15, 0.2) is 41.3 Å². The molecule has 2 N–H and O–H groups in total. The van der Waals surface area contributed by atoms with E-state index in [1.165, 1.54) is 27.1 Å². The lowest BCUT2D eigenvalue weighted by atomic mass is 10.1. The van der Waals surface area contributed by atoms with Gasteiger partial charge in [-0.15, -0.1) is 11.8 Å². The molecule has 0 radical (unpaired) electrons. The van der Waals surface area contributed by atoms with Crippen molar-refractivity contribution in [2.24, 2.45) is 0 Å². The van der Waals surface area contributed by atoms with Crippen LogP contribution < -0.4 is 5.73 Å².